The van der Waals surface area contributed by atoms with Gasteiger partial charge in [0.2, 0.25) is 0 Å². The van der Waals surface area contributed by atoms with E-state index in [1.54, 1.807) is 0 Å². The van der Waals surface area contributed by atoms with Gasteiger partial charge in [0.25, 0.3) is 0 Å². The normalized spacial score (nSPS) is 13.4. The third-order valence-corrected chi connectivity index (χ3v) is 11.7. The smallest absolute Gasteiger partial charge is 0.135 e. The first-order valence-corrected chi connectivity index (χ1v) is 20.8. The number of hydrogen-bond acceptors (Lipinski definition) is 4. The number of nitrogens with zero attached hydrogens (tertiary/aromatic N) is 4. The van der Waals surface area contributed by atoms with Crippen LogP contribution >= 0.6 is 0 Å². The molecule has 0 atom stereocenters. The average molecular weight is 979 g/mol. The molecular formula is C55H51N4OPt-3. The summed E-state index contributed by atoms with van der Waals surface area (Å²) in [5, 5.41) is 2.33. The number of rotatable bonds is 8. The minimum Gasteiger partial charge on any atom is -0.509 e. The Balaban J connectivity index is 0.00000514. The van der Waals surface area contributed by atoms with E-state index in [1.807, 2.05) is 18.3 Å². The monoisotopic (exact) mass is 978 g/mol. The Bertz CT molecular complexity index is 2880. The van der Waals surface area contributed by atoms with E-state index in [-0.39, 0.29) is 37.3 Å². The fourth-order valence-corrected chi connectivity index (χ4v) is 8.28. The van der Waals surface area contributed by atoms with Gasteiger partial charge in [0, 0.05) is 61.1 Å². The average Bonchev–Trinajstić information content (AvgIpc) is 3.84. The maximum absolute atomic E-state index is 6.79. The van der Waals surface area contributed by atoms with Gasteiger partial charge in [0.15, 0.2) is 0 Å². The topological polar surface area (TPSA) is 33.5 Å². The van der Waals surface area contributed by atoms with Crippen LogP contribution in [-0.2, 0) is 37.3 Å². The summed E-state index contributed by atoms with van der Waals surface area (Å²) in [6.45, 7) is 20.2. The first-order chi connectivity index (χ1) is 28.8. The Labute approximate surface area is 375 Å². The van der Waals surface area contributed by atoms with E-state index in [9.17, 15) is 0 Å². The third-order valence-electron chi connectivity index (χ3n) is 11.7. The maximum atomic E-state index is 6.79. The number of anilines is 2. The molecule has 310 valence electrons. The molecule has 0 bridgehead atoms. The second kappa shape index (κ2) is 16.2. The Morgan fingerprint density at radius 2 is 1.30 bits per heavy atom. The maximum Gasteiger partial charge on any atom is 0.135 e. The predicted molar refractivity (Wildman–Crippen MR) is 249 cm³/mol. The molecule has 0 amide bonds. The van der Waals surface area contributed by atoms with Crippen molar-refractivity contribution < 1.29 is 25.8 Å². The zero-order chi connectivity index (χ0) is 41.8. The van der Waals surface area contributed by atoms with Gasteiger partial charge in [-0.05, 0) is 75.0 Å². The number of benzene rings is 6. The molecule has 1 aliphatic rings. The van der Waals surface area contributed by atoms with Crippen LogP contribution in [0, 0.1) is 18.8 Å². The summed E-state index contributed by atoms with van der Waals surface area (Å²) in [6, 6.07) is 58.5. The molecule has 2 aromatic heterocycles. The van der Waals surface area contributed by atoms with Crippen LogP contribution in [0.5, 0.6) is 11.5 Å². The van der Waals surface area contributed by atoms with Gasteiger partial charge in [-0.25, -0.2) is 4.98 Å². The van der Waals surface area contributed by atoms with E-state index >= 15 is 0 Å². The van der Waals surface area contributed by atoms with Crippen molar-refractivity contribution in [3.63, 3.8) is 0 Å². The Kier molecular flexibility index (Phi) is 11.1. The molecule has 5 nitrogen and oxygen atoms in total. The van der Waals surface area contributed by atoms with Crippen LogP contribution in [0.2, 0.25) is 0 Å². The molecule has 8 aromatic rings. The molecule has 0 aliphatic carbocycles. The minimum absolute atomic E-state index is 0. The van der Waals surface area contributed by atoms with Crippen molar-refractivity contribution in [3.8, 4) is 17.3 Å². The van der Waals surface area contributed by atoms with Crippen LogP contribution in [0.1, 0.15) is 83.2 Å². The second-order valence-electron chi connectivity index (χ2n) is 18.3. The summed E-state index contributed by atoms with van der Waals surface area (Å²) in [4.78, 5) is 9.31. The number of para-hydroxylation sites is 1. The summed E-state index contributed by atoms with van der Waals surface area (Å²) >= 11 is 0. The van der Waals surface area contributed by atoms with Crippen LogP contribution in [-0.4, -0.2) is 9.55 Å². The van der Waals surface area contributed by atoms with Crippen LogP contribution < -0.4 is 14.5 Å². The summed E-state index contributed by atoms with van der Waals surface area (Å²) in [6.07, 6.45) is 4.09. The van der Waals surface area contributed by atoms with E-state index in [0.29, 0.717) is 11.5 Å². The summed E-state index contributed by atoms with van der Waals surface area (Å²) < 4.78 is 9.02. The predicted octanol–water partition coefficient (Wildman–Crippen LogP) is 13.9. The summed E-state index contributed by atoms with van der Waals surface area (Å²) in [5.74, 6) is 2.09. The largest absolute Gasteiger partial charge is 0.509 e. The number of hydrogen-bond donors (Lipinski definition) is 0. The number of pyridine rings is 1. The molecule has 3 heterocycles. The molecule has 61 heavy (non-hydrogen) atoms. The van der Waals surface area contributed by atoms with Gasteiger partial charge in [-0.15, -0.1) is 48.3 Å². The first kappa shape index (κ1) is 41.8. The standard InChI is InChI=1S/C55H51N4O.Pt/c1-53(2,3)40-29-30-56-51(32-40)59-48-28-16-15-27-46(48)52-47(54(4,5)6)34-45(35-49(52)59)60-44-26-18-24-42(33-44)57-36-50(38-19-11-9-12-20-38)58(37-57)43-25-17-23-41(31-43)55(7,8)39-21-13-10-14-22-39;/h9-32,34,36-37H,1-8H3;/q-3;. The fourth-order valence-electron chi connectivity index (χ4n) is 8.28. The first-order valence-electron chi connectivity index (χ1n) is 20.8. The van der Waals surface area contributed by atoms with E-state index in [1.165, 1.54) is 27.6 Å². The molecule has 1 aliphatic heterocycles. The van der Waals surface area contributed by atoms with Crippen LogP contribution in [0.15, 0.2) is 158 Å². The minimum atomic E-state index is -0.188. The van der Waals surface area contributed by atoms with Gasteiger partial charge >= 0.3 is 0 Å². The van der Waals surface area contributed by atoms with Crippen molar-refractivity contribution in [1.29, 1.82) is 0 Å². The molecule has 0 fully saturated rings. The molecule has 0 spiro atoms. The Morgan fingerprint density at radius 3 is 2.03 bits per heavy atom. The van der Waals surface area contributed by atoms with Crippen molar-refractivity contribution in [3.05, 3.63) is 205 Å². The van der Waals surface area contributed by atoms with Crippen molar-refractivity contribution in [2.24, 2.45) is 0 Å². The van der Waals surface area contributed by atoms with Gasteiger partial charge in [-0.2, -0.15) is 6.07 Å². The SMILES string of the molecule is CC(C)(C)c1ccnc(-n2c3[c-]c(Oc4[c-]c(N5C=C(c6ccccc6)N(c6cccc(C(C)(C)c7ccccc7)c6)[CH-]5)ccc4)cc(C(C)(C)C)c3c3ccccc32)c1.[Pt]. The molecule has 0 unspecified atom stereocenters. The van der Waals surface area contributed by atoms with Crippen LogP contribution in [0.3, 0.4) is 0 Å². The van der Waals surface area contributed by atoms with Crippen molar-refractivity contribution in [1.82, 2.24) is 9.55 Å². The zero-order valence-electron chi connectivity index (χ0n) is 36.1. The number of aromatic nitrogens is 2. The van der Waals surface area contributed by atoms with E-state index in [0.717, 1.165) is 44.9 Å². The van der Waals surface area contributed by atoms with Crippen LogP contribution in [0.25, 0.3) is 33.3 Å². The van der Waals surface area contributed by atoms with Gasteiger partial charge in [-0.3, -0.25) is 0 Å². The van der Waals surface area contributed by atoms with E-state index in [2.05, 4.69) is 228 Å². The summed E-state index contributed by atoms with van der Waals surface area (Å²) in [5.41, 5.74) is 10.7. The van der Waals surface area contributed by atoms with Crippen molar-refractivity contribution in [2.45, 2.75) is 71.6 Å². The molecule has 6 aromatic carbocycles. The molecule has 0 saturated heterocycles. The summed E-state index contributed by atoms with van der Waals surface area (Å²) in [7, 11) is 0. The molecule has 0 saturated carbocycles. The second-order valence-corrected chi connectivity index (χ2v) is 18.3. The Morgan fingerprint density at radius 1 is 0.607 bits per heavy atom. The van der Waals surface area contributed by atoms with Crippen molar-refractivity contribution in [2.75, 3.05) is 9.80 Å². The van der Waals surface area contributed by atoms with E-state index < -0.39 is 0 Å². The van der Waals surface area contributed by atoms with Gasteiger partial charge in [0.1, 0.15) is 5.82 Å². The molecule has 0 radical (unpaired) electrons. The quantitative estimate of drug-likeness (QED) is 0.142. The molecular weight excluding hydrogens is 928 g/mol. The van der Waals surface area contributed by atoms with Gasteiger partial charge in [0.05, 0.1) is 0 Å². The van der Waals surface area contributed by atoms with Gasteiger partial charge < -0.3 is 19.1 Å². The zero-order valence-corrected chi connectivity index (χ0v) is 38.4. The fraction of sp³-hybridized carbons (Fsp3) is 0.200. The van der Waals surface area contributed by atoms with Crippen LogP contribution in [0.4, 0.5) is 11.4 Å². The van der Waals surface area contributed by atoms with Crippen molar-refractivity contribution >= 4 is 38.9 Å². The molecule has 9 rings (SSSR count). The van der Waals surface area contributed by atoms with Gasteiger partial charge in [-0.1, -0.05) is 157 Å². The third kappa shape index (κ3) is 8.05. The number of ether oxygens (including phenoxy) is 1. The van der Waals surface area contributed by atoms with E-state index in [4.69, 9.17) is 9.72 Å². The Hall–Kier alpha value is -5.90. The molecule has 0 N–H and O–H groups in total. The number of fused-ring (bicyclic) bond motifs is 3. The molecule has 6 heteroatoms.